The number of hydrogen-bond donors (Lipinski definition) is 1. The van der Waals surface area contributed by atoms with Crippen LogP contribution in [0, 0.1) is 0 Å². The van der Waals surface area contributed by atoms with Crippen molar-refractivity contribution < 1.29 is 5.11 Å². The fraction of sp³-hybridized carbons (Fsp3) is 0.500. The van der Waals surface area contributed by atoms with Crippen LogP contribution in [-0.4, -0.2) is 11.7 Å². The molecule has 0 unspecified atom stereocenters. The lowest BCUT2D eigenvalue weighted by atomic mass is 10.1. The molecule has 3 heterocycles. The predicted molar refractivity (Wildman–Crippen MR) is 128 cm³/mol. The second-order valence-electron chi connectivity index (χ2n) is 7.39. The van der Waals surface area contributed by atoms with Gasteiger partial charge in [0, 0.05) is 31.7 Å². The number of hydrogen-bond acceptors (Lipinski definition) is 4. The number of rotatable bonds is 13. The summed E-state index contributed by atoms with van der Waals surface area (Å²) in [5.74, 6) is 0. The van der Waals surface area contributed by atoms with E-state index in [0.717, 1.165) is 19.3 Å². The molecular formula is C24H32OS3. The molecule has 3 rings (SSSR count). The maximum Gasteiger partial charge on any atom is 0.0529 e. The molecule has 0 aliphatic heterocycles. The largest absolute Gasteiger partial charge is 0.396 e. The van der Waals surface area contributed by atoms with Crippen molar-refractivity contribution in [3.63, 3.8) is 0 Å². The van der Waals surface area contributed by atoms with Crippen molar-refractivity contribution in [1.82, 2.24) is 0 Å². The molecule has 0 saturated carbocycles. The number of thiophene rings is 3. The van der Waals surface area contributed by atoms with Crippen LogP contribution in [0.5, 0.6) is 0 Å². The molecule has 0 amide bonds. The van der Waals surface area contributed by atoms with Crippen LogP contribution in [0.2, 0.25) is 0 Å². The van der Waals surface area contributed by atoms with Gasteiger partial charge in [-0.25, -0.2) is 0 Å². The normalized spacial score (nSPS) is 11.4. The van der Waals surface area contributed by atoms with Gasteiger partial charge in [-0.05, 0) is 67.8 Å². The zero-order valence-corrected chi connectivity index (χ0v) is 19.4. The van der Waals surface area contributed by atoms with Crippen molar-refractivity contribution in [2.45, 2.75) is 71.1 Å². The third kappa shape index (κ3) is 6.28. The molecule has 28 heavy (non-hydrogen) atoms. The van der Waals surface area contributed by atoms with Crippen molar-refractivity contribution in [2.24, 2.45) is 0 Å². The number of unbranched alkanes of at least 4 members (excludes halogenated alkanes) is 6. The molecule has 0 aliphatic rings. The molecule has 0 saturated heterocycles. The van der Waals surface area contributed by atoms with Crippen molar-refractivity contribution >= 4 is 34.0 Å². The van der Waals surface area contributed by atoms with Crippen molar-refractivity contribution in [3.8, 4) is 20.2 Å². The van der Waals surface area contributed by atoms with E-state index in [1.54, 1.807) is 0 Å². The Kier molecular flexibility index (Phi) is 9.26. The number of aryl methyl sites for hydroxylation is 2. The highest BCUT2D eigenvalue weighted by Gasteiger charge is 2.13. The minimum Gasteiger partial charge on any atom is -0.396 e. The first kappa shape index (κ1) is 21.8. The Balaban J connectivity index is 1.60. The Morgan fingerprint density at radius 3 is 2.07 bits per heavy atom. The highest BCUT2D eigenvalue weighted by molar-refractivity contribution is 7.22. The van der Waals surface area contributed by atoms with E-state index in [0.29, 0.717) is 6.61 Å². The van der Waals surface area contributed by atoms with Gasteiger partial charge in [0.15, 0.2) is 0 Å². The molecule has 0 aromatic carbocycles. The first-order valence-electron chi connectivity index (χ1n) is 10.7. The molecule has 3 aromatic heterocycles. The van der Waals surface area contributed by atoms with Crippen LogP contribution in [0.3, 0.4) is 0 Å². The molecule has 152 valence electrons. The standard InChI is InChI=1S/C24H32OS3/c1-2-3-4-7-10-20-13-15-23(28-20)24-21(16-18-26-24)22-14-12-19(27-22)11-8-5-6-9-17-25/h12-16,18,25H,2-11,17H2,1H3. The van der Waals surface area contributed by atoms with E-state index in [4.69, 9.17) is 5.11 Å². The van der Waals surface area contributed by atoms with E-state index in [2.05, 4.69) is 42.6 Å². The number of aliphatic hydroxyl groups excluding tert-OH is 1. The summed E-state index contributed by atoms with van der Waals surface area (Å²) in [5, 5.41) is 11.1. The van der Waals surface area contributed by atoms with Crippen molar-refractivity contribution in [1.29, 1.82) is 0 Å². The van der Waals surface area contributed by atoms with E-state index in [1.807, 2.05) is 34.0 Å². The average molecular weight is 433 g/mol. The summed E-state index contributed by atoms with van der Waals surface area (Å²) in [5.41, 5.74) is 1.40. The van der Waals surface area contributed by atoms with Crippen LogP contribution in [0.15, 0.2) is 35.7 Å². The first-order valence-corrected chi connectivity index (χ1v) is 13.2. The summed E-state index contributed by atoms with van der Waals surface area (Å²) in [6.07, 6.45) is 12.2. The highest BCUT2D eigenvalue weighted by atomic mass is 32.1. The van der Waals surface area contributed by atoms with Gasteiger partial charge in [-0.2, -0.15) is 0 Å². The molecule has 0 spiro atoms. The summed E-state index contributed by atoms with van der Waals surface area (Å²) in [6.45, 7) is 2.60. The van der Waals surface area contributed by atoms with Gasteiger partial charge < -0.3 is 5.11 Å². The van der Waals surface area contributed by atoms with E-state index in [1.165, 1.54) is 74.9 Å². The third-order valence-electron chi connectivity index (χ3n) is 5.09. The maximum absolute atomic E-state index is 8.88. The van der Waals surface area contributed by atoms with Crippen LogP contribution < -0.4 is 0 Å². The van der Waals surface area contributed by atoms with Crippen molar-refractivity contribution in [3.05, 3.63) is 45.5 Å². The van der Waals surface area contributed by atoms with Gasteiger partial charge in [0.05, 0.1) is 4.88 Å². The van der Waals surface area contributed by atoms with Gasteiger partial charge in [0.25, 0.3) is 0 Å². The zero-order chi connectivity index (χ0) is 19.6. The van der Waals surface area contributed by atoms with Gasteiger partial charge >= 0.3 is 0 Å². The quantitative estimate of drug-likeness (QED) is 0.269. The van der Waals surface area contributed by atoms with Gasteiger partial charge in [0.1, 0.15) is 0 Å². The molecule has 0 bridgehead atoms. The van der Waals surface area contributed by atoms with Gasteiger partial charge in [-0.1, -0.05) is 39.0 Å². The van der Waals surface area contributed by atoms with E-state index < -0.39 is 0 Å². The summed E-state index contributed by atoms with van der Waals surface area (Å²) in [7, 11) is 0. The minimum atomic E-state index is 0.327. The highest BCUT2D eigenvalue weighted by Crippen LogP contribution is 2.42. The Morgan fingerprint density at radius 1 is 0.714 bits per heavy atom. The molecule has 3 aromatic rings. The van der Waals surface area contributed by atoms with E-state index in [9.17, 15) is 0 Å². The third-order valence-corrected chi connectivity index (χ3v) is 8.50. The lowest BCUT2D eigenvalue weighted by Crippen LogP contribution is -1.85. The predicted octanol–water partition coefficient (Wildman–Crippen LogP) is 8.42. The lowest BCUT2D eigenvalue weighted by Gasteiger charge is -2.00. The van der Waals surface area contributed by atoms with E-state index in [-0.39, 0.29) is 0 Å². The molecule has 1 N–H and O–H groups in total. The molecule has 0 aliphatic carbocycles. The Morgan fingerprint density at radius 2 is 1.36 bits per heavy atom. The average Bonchev–Trinajstić information content (AvgIpc) is 3.44. The molecule has 4 heteroatoms. The second kappa shape index (κ2) is 11.9. The van der Waals surface area contributed by atoms with Crippen LogP contribution in [0.1, 0.15) is 68.0 Å². The van der Waals surface area contributed by atoms with Crippen LogP contribution in [-0.2, 0) is 12.8 Å². The smallest absolute Gasteiger partial charge is 0.0529 e. The molecule has 0 atom stereocenters. The molecule has 1 nitrogen and oxygen atoms in total. The van der Waals surface area contributed by atoms with Crippen molar-refractivity contribution in [2.75, 3.05) is 6.61 Å². The first-order chi connectivity index (χ1) is 13.8. The number of aliphatic hydroxyl groups is 1. The molecular weight excluding hydrogens is 400 g/mol. The van der Waals surface area contributed by atoms with Crippen LogP contribution in [0.25, 0.3) is 20.2 Å². The van der Waals surface area contributed by atoms with Gasteiger partial charge in [0.2, 0.25) is 0 Å². The van der Waals surface area contributed by atoms with Gasteiger partial charge in [-0.15, -0.1) is 34.0 Å². The molecule has 0 fully saturated rings. The summed E-state index contributed by atoms with van der Waals surface area (Å²) >= 11 is 5.80. The minimum absolute atomic E-state index is 0.327. The SMILES string of the molecule is CCCCCCc1ccc(-c2sccc2-c2ccc(CCCCCCO)s2)s1. The monoisotopic (exact) mass is 432 g/mol. The summed E-state index contributed by atoms with van der Waals surface area (Å²) in [6, 6.07) is 11.6. The molecule has 0 radical (unpaired) electrons. The van der Waals surface area contributed by atoms with Gasteiger partial charge in [-0.3, -0.25) is 0 Å². The summed E-state index contributed by atoms with van der Waals surface area (Å²) < 4.78 is 0. The Hall–Kier alpha value is -0.940. The lowest BCUT2D eigenvalue weighted by molar-refractivity contribution is 0.282. The maximum atomic E-state index is 8.88. The zero-order valence-electron chi connectivity index (χ0n) is 16.9. The second-order valence-corrected chi connectivity index (χ2v) is 10.6. The van der Waals surface area contributed by atoms with Crippen LogP contribution >= 0.6 is 34.0 Å². The fourth-order valence-electron chi connectivity index (χ4n) is 3.48. The Labute approximate surface area is 182 Å². The van der Waals surface area contributed by atoms with E-state index >= 15 is 0 Å². The van der Waals surface area contributed by atoms with Crippen LogP contribution in [0.4, 0.5) is 0 Å². The summed E-state index contributed by atoms with van der Waals surface area (Å²) in [4.78, 5) is 7.27. The fourth-order valence-corrected chi connectivity index (χ4v) is 6.72. The topological polar surface area (TPSA) is 20.2 Å². The Bertz CT molecular complexity index is 811.